The molecule has 2 aromatic carbocycles. The number of hydrogen-bond donors (Lipinski definition) is 1. The standard InChI is InChI=1S/C17H17Cl2NS/c1-20-10-2-3-13-4-8-16(9-5-13)21-12-14-6-7-15(18)11-17(14)19/h2-9,11,20H,10,12H2,1H3. The molecule has 0 amide bonds. The van der Waals surface area contributed by atoms with Gasteiger partial charge in [0.15, 0.2) is 0 Å². The fourth-order valence-corrected chi connectivity index (χ4v) is 3.24. The number of hydrogen-bond acceptors (Lipinski definition) is 2. The van der Waals surface area contributed by atoms with E-state index in [0.29, 0.717) is 5.02 Å². The van der Waals surface area contributed by atoms with E-state index in [1.54, 1.807) is 17.8 Å². The number of thioether (sulfide) groups is 1. The van der Waals surface area contributed by atoms with Gasteiger partial charge in [0.2, 0.25) is 0 Å². The molecule has 0 saturated carbocycles. The van der Waals surface area contributed by atoms with Gasteiger partial charge in [-0.25, -0.2) is 0 Å². The maximum atomic E-state index is 6.18. The highest BCUT2D eigenvalue weighted by Crippen LogP contribution is 2.28. The van der Waals surface area contributed by atoms with Crippen LogP contribution in [0.25, 0.3) is 6.08 Å². The van der Waals surface area contributed by atoms with Gasteiger partial charge in [0, 0.05) is 27.2 Å². The number of rotatable bonds is 6. The van der Waals surface area contributed by atoms with Crippen molar-refractivity contribution in [2.75, 3.05) is 13.6 Å². The molecule has 21 heavy (non-hydrogen) atoms. The Bertz CT molecular complexity index is 609. The first-order chi connectivity index (χ1) is 10.2. The quantitative estimate of drug-likeness (QED) is 0.696. The van der Waals surface area contributed by atoms with Crippen LogP contribution in [0.3, 0.4) is 0 Å². The first kappa shape index (κ1) is 16.4. The molecule has 0 radical (unpaired) electrons. The molecular weight excluding hydrogens is 321 g/mol. The Hall–Kier alpha value is -0.930. The lowest BCUT2D eigenvalue weighted by molar-refractivity contribution is 0.922. The highest BCUT2D eigenvalue weighted by molar-refractivity contribution is 7.98. The third-order valence-electron chi connectivity index (χ3n) is 2.92. The Morgan fingerprint density at radius 1 is 1.10 bits per heavy atom. The van der Waals surface area contributed by atoms with Crippen molar-refractivity contribution in [3.63, 3.8) is 0 Å². The lowest BCUT2D eigenvalue weighted by Crippen LogP contribution is -2.03. The van der Waals surface area contributed by atoms with Gasteiger partial charge in [0.1, 0.15) is 0 Å². The third kappa shape index (κ3) is 5.40. The van der Waals surface area contributed by atoms with Gasteiger partial charge in [0.25, 0.3) is 0 Å². The van der Waals surface area contributed by atoms with Crippen LogP contribution in [-0.2, 0) is 5.75 Å². The Morgan fingerprint density at radius 3 is 2.52 bits per heavy atom. The first-order valence-corrected chi connectivity index (χ1v) is 8.41. The largest absolute Gasteiger partial charge is 0.316 e. The van der Waals surface area contributed by atoms with Crippen LogP contribution in [0.5, 0.6) is 0 Å². The summed E-state index contributed by atoms with van der Waals surface area (Å²) in [5, 5.41) is 4.48. The SMILES string of the molecule is CNCC=Cc1ccc(SCc2ccc(Cl)cc2Cl)cc1. The summed E-state index contributed by atoms with van der Waals surface area (Å²) in [4.78, 5) is 1.23. The maximum absolute atomic E-state index is 6.18. The molecule has 0 fully saturated rings. The summed E-state index contributed by atoms with van der Waals surface area (Å²) in [6, 6.07) is 14.1. The van der Waals surface area contributed by atoms with Crippen molar-refractivity contribution in [1.82, 2.24) is 5.32 Å². The van der Waals surface area contributed by atoms with Crippen LogP contribution in [0, 0.1) is 0 Å². The van der Waals surface area contributed by atoms with Crippen molar-refractivity contribution in [3.05, 3.63) is 69.7 Å². The second-order valence-electron chi connectivity index (χ2n) is 4.55. The van der Waals surface area contributed by atoms with Crippen molar-refractivity contribution in [2.24, 2.45) is 0 Å². The molecule has 2 rings (SSSR count). The zero-order valence-electron chi connectivity index (χ0n) is 11.8. The molecule has 2 aromatic rings. The summed E-state index contributed by atoms with van der Waals surface area (Å²) in [5.41, 5.74) is 2.31. The molecule has 0 aromatic heterocycles. The molecule has 4 heteroatoms. The molecule has 0 saturated heterocycles. The van der Waals surface area contributed by atoms with Crippen LogP contribution >= 0.6 is 35.0 Å². The van der Waals surface area contributed by atoms with Crippen molar-refractivity contribution >= 4 is 41.0 Å². The van der Waals surface area contributed by atoms with E-state index in [9.17, 15) is 0 Å². The van der Waals surface area contributed by atoms with Crippen LogP contribution in [0.2, 0.25) is 10.0 Å². The summed E-state index contributed by atoms with van der Waals surface area (Å²) in [6.45, 7) is 0.881. The van der Waals surface area contributed by atoms with E-state index >= 15 is 0 Å². The van der Waals surface area contributed by atoms with Crippen LogP contribution in [-0.4, -0.2) is 13.6 Å². The minimum absolute atomic E-state index is 0.673. The van der Waals surface area contributed by atoms with E-state index in [2.05, 4.69) is 41.7 Å². The topological polar surface area (TPSA) is 12.0 Å². The van der Waals surface area contributed by atoms with E-state index in [0.717, 1.165) is 22.9 Å². The Morgan fingerprint density at radius 2 is 1.86 bits per heavy atom. The van der Waals surface area contributed by atoms with E-state index in [-0.39, 0.29) is 0 Å². The molecule has 0 bridgehead atoms. The number of nitrogens with one attached hydrogen (secondary N) is 1. The number of likely N-dealkylation sites (N-methyl/N-ethyl adjacent to an activating group) is 1. The molecule has 1 nitrogen and oxygen atoms in total. The molecule has 0 spiro atoms. The van der Waals surface area contributed by atoms with Gasteiger partial charge in [0.05, 0.1) is 0 Å². The van der Waals surface area contributed by atoms with Gasteiger partial charge >= 0.3 is 0 Å². The molecule has 0 aliphatic carbocycles. The van der Waals surface area contributed by atoms with Crippen LogP contribution in [0.4, 0.5) is 0 Å². The average Bonchev–Trinajstić information content (AvgIpc) is 2.48. The monoisotopic (exact) mass is 337 g/mol. The first-order valence-electron chi connectivity index (χ1n) is 6.67. The normalized spacial score (nSPS) is 11.2. The predicted octanol–water partition coefficient (Wildman–Crippen LogP) is 5.52. The van der Waals surface area contributed by atoms with Gasteiger partial charge in [-0.15, -0.1) is 11.8 Å². The minimum Gasteiger partial charge on any atom is -0.316 e. The molecule has 0 heterocycles. The van der Waals surface area contributed by atoms with Crippen molar-refractivity contribution in [3.8, 4) is 0 Å². The van der Waals surface area contributed by atoms with Gasteiger partial charge in [-0.05, 0) is 42.4 Å². The lowest BCUT2D eigenvalue weighted by Gasteiger charge is -2.05. The fraction of sp³-hybridized carbons (Fsp3) is 0.176. The maximum Gasteiger partial charge on any atom is 0.0461 e. The summed E-state index contributed by atoms with van der Waals surface area (Å²) < 4.78 is 0. The van der Waals surface area contributed by atoms with Crippen molar-refractivity contribution < 1.29 is 0 Å². The summed E-state index contributed by atoms with van der Waals surface area (Å²) >= 11 is 13.8. The molecule has 0 aliphatic rings. The van der Waals surface area contributed by atoms with Crippen LogP contribution < -0.4 is 5.32 Å². The predicted molar refractivity (Wildman–Crippen MR) is 95.4 cm³/mol. The number of benzene rings is 2. The zero-order valence-corrected chi connectivity index (χ0v) is 14.1. The van der Waals surface area contributed by atoms with E-state index in [1.807, 2.05) is 19.2 Å². The summed E-state index contributed by atoms with van der Waals surface area (Å²) in [5.74, 6) is 0.838. The van der Waals surface area contributed by atoms with Gasteiger partial charge < -0.3 is 5.32 Å². The zero-order chi connectivity index (χ0) is 15.1. The fourth-order valence-electron chi connectivity index (χ4n) is 1.79. The smallest absolute Gasteiger partial charge is 0.0461 e. The molecule has 0 unspecified atom stereocenters. The Balaban J connectivity index is 1.94. The lowest BCUT2D eigenvalue weighted by atomic mass is 10.2. The number of halogens is 2. The minimum atomic E-state index is 0.673. The van der Waals surface area contributed by atoms with E-state index in [4.69, 9.17) is 23.2 Å². The second-order valence-corrected chi connectivity index (χ2v) is 6.45. The highest BCUT2D eigenvalue weighted by Gasteiger charge is 2.02. The van der Waals surface area contributed by atoms with Crippen molar-refractivity contribution in [1.29, 1.82) is 0 Å². The Kier molecular flexibility index (Phi) is 6.65. The average molecular weight is 338 g/mol. The van der Waals surface area contributed by atoms with E-state index < -0.39 is 0 Å². The van der Waals surface area contributed by atoms with Crippen LogP contribution in [0.1, 0.15) is 11.1 Å². The Labute approximate surface area is 140 Å². The van der Waals surface area contributed by atoms with E-state index in [1.165, 1.54) is 10.5 Å². The molecule has 0 aliphatic heterocycles. The molecule has 110 valence electrons. The highest BCUT2D eigenvalue weighted by atomic mass is 35.5. The van der Waals surface area contributed by atoms with Gasteiger partial charge in [-0.2, -0.15) is 0 Å². The van der Waals surface area contributed by atoms with Gasteiger partial charge in [-0.3, -0.25) is 0 Å². The summed E-state index contributed by atoms with van der Waals surface area (Å²) in [7, 11) is 1.94. The third-order valence-corrected chi connectivity index (χ3v) is 4.57. The van der Waals surface area contributed by atoms with Crippen molar-refractivity contribution in [2.45, 2.75) is 10.6 Å². The second kappa shape index (κ2) is 8.50. The molecule has 1 N–H and O–H groups in total. The molecular formula is C17H17Cl2NS. The van der Waals surface area contributed by atoms with Gasteiger partial charge in [-0.1, -0.05) is 53.6 Å². The van der Waals surface area contributed by atoms with Crippen LogP contribution in [0.15, 0.2) is 53.4 Å². The summed E-state index contributed by atoms with van der Waals surface area (Å²) in [6.07, 6.45) is 4.22. The molecule has 0 atom stereocenters.